The van der Waals surface area contributed by atoms with Gasteiger partial charge in [-0.05, 0) is 38.7 Å². The predicted molar refractivity (Wildman–Crippen MR) is 94.8 cm³/mol. The summed E-state index contributed by atoms with van der Waals surface area (Å²) in [6, 6.07) is 11.7. The highest BCUT2D eigenvalue weighted by Crippen LogP contribution is 2.11. The van der Waals surface area contributed by atoms with Gasteiger partial charge in [-0.2, -0.15) is 0 Å². The number of amides is 1. The number of carbonyl (C=O) groups excluding carboxylic acids is 1. The van der Waals surface area contributed by atoms with E-state index in [2.05, 4.69) is 20.5 Å². The van der Waals surface area contributed by atoms with Crippen molar-refractivity contribution in [1.29, 1.82) is 0 Å². The molecule has 23 heavy (non-hydrogen) atoms. The molecule has 0 unspecified atom stereocenters. The Morgan fingerprint density at radius 1 is 1.22 bits per heavy atom. The van der Waals surface area contributed by atoms with Crippen LogP contribution in [-0.2, 0) is 11.2 Å². The molecule has 2 rings (SSSR count). The zero-order valence-electron chi connectivity index (χ0n) is 14.0. The maximum atomic E-state index is 12.1. The van der Waals surface area contributed by atoms with E-state index in [0.717, 1.165) is 29.9 Å². The van der Waals surface area contributed by atoms with Gasteiger partial charge in [-0.25, -0.2) is 4.98 Å². The van der Waals surface area contributed by atoms with E-state index >= 15 is 0 Å². The maximum absolute atomic E-state index is 12.1. The van der Waals surface area contributed by atoms with Gasteiger partial charge in [0.25, 0.3) is 0 Å². The van der Waals surface area contributed by atoms with Crippen molar-refractivity contribution in [3.8, 4) is 0 Å². The fraction of sp³-hybridized carbons (Fsp3) is 0.333. The third kappa shape index (κ3) is 6.08. The number of nitrogens with zero attached hydrogens (tertiary/aromatic N) is 2. The van der Waals surface area contributed by atoms with Gasteiger partial charge in [-0.1, -0.05) is 29.8 Å². The summed E-state index contributed by atoms with van der Waals surface area (Å²) >= 11 is 0. The number of hydrogen-bond donors (Lipinski definition) is 2. The number of carbonyl (C=O) groups is 1. The monoisotopic (exact) mass is 312 g/mol. The first-order chi connectivity index (χ1) is 11.0. The van der Waals surface area contributed by atoms with E-state index < -0.39 is 0 Å². The summed E-state index contributed by atoms with van der Waals surface area (Å²) in [5.74, 6) is 0.511. The SMILES string of the molecule is Cc1cccc(CC(=O)Nc2ccc(NCCN(C)C)cn2)c1. The summed E-state index contributed by atoms with van der Waals surface area (Å²) in [5.41, 5.74) is 3.11. The molecule has 0 saturated heterocycles. The molecule has 2 N–H and O–H groups in total. The van der Waals surface area contributed by atoms with Gasteiger partial charge < -0.3 is 15.5 Å². The highest BCUT2D eigenvalue weighted by Gasteiger charge is 2.05. The Labute approximate surface area is 137 Å². The summed E-state index contributed by atoms with van der Waals surface area (Å²) in [4.78, 5) is 18.4. The second-order valence-corrected chi connectivity index (χ2v) is 5.88. The van der Waals surface area contributed by atoms with Gasteiger partial charge >= 0.3 is 0 Å². The number of pyridine rings is 1. The zero-order valence-corrected chi connectivity index (χ0v) is 14.0. The molecule has 0 saturated carbocycles. The number of likely N-dealkylation sites (N-methyl/N-ethyl adjacent to an activating group) is 1. The fourth-order valence-corrected chi connectivity index (χ4v) is 2.19. The van der Waals surface area contributed by atoms with E-state index in [1.54, 1.807) is 6.20 Å². The Balaban J connectivity index is 1.84. The Morgan fingerprint density at radius 3 is 2.70 bits per heavy atom. The van der Waals surface area contributed by atoms with E-state index in [4.69, 9.17) is 0 Å². The molecule has 1 amide bonds. The first-order valence-corrected chi connectivity index (χ1v) is 7.73. The van der Waals surface area contributed by atoms with Gasteiger partial charge in [0, 0.05) is 13.1 Å². The van der Waals surface area contributed by atoms with Crippen LogP contribution < -0.4 is 10.6 Å². The van der Waals surface area contributed by atoms with Gasteiger partial charge in [0.05, 0.1) is 18.3 Å². The van der Waals surface area contributed by atoms with Crippen LogP contribution in [-0.4, -0.2) is 43.0 Å². The van der Waals surface area contributed by atoms with Gasteiger partial charge in [0.2, 0.25) is 5.91 Å². The smallest absolute Gasteiger partial charge is 0.229 e. The first kappa shape index (κ1) is 17.0. The number of nitrogens with one attached hydrogen (secondary N) is 2. The Morgan fingerprint density at radius 2 is 2.04 bits per heavy atom. The van der Waals surface area contributed by atoms with Crippen LogP contribution in [0, 0.1) is 6.92 Å². The second-order valence-electron chi connectivity index (χ2n) is 5.88. The minimum absolute atomic E-state index is 0.0589. The predicted octanol–water partition coefficient (Wildman–Crippen LogP) is 2.54. The standard InChI is InChI=1S/C18H24N4O/c1-14-5-4-6-15(11-14)12-18(23)21-17-8-7-16(13-20-17)19-9-10-22(2)3/h4-8,11,13,19H,9-10,12H2,1-3H3,(H,20,21,23). The summed E-state index contributed by atoms with van der Waals surface area (Å²) in [7, 11) is 4.07. The van der Waals surface area contributed by atoms with Gasteiger partial charge in [0.15, 0.2) is 0 Å². The van der Waals surface area contributed by atoms with Crippen molar-refractivity contribution in [1.82, 2.24) is 9.88 Å². The van der Waals surface area contributed by atoms with Crippen molar-refractivity contribution in [3.05, 3.63) is 53.7 Å². The molecule has 0 fully saturated rings. The number of benzene rings is 1. The van der Waals surface area contributed by atoms with Crippen LogP contribution in [0.1, 0.15) is 11.1 Å². The van der Waals surface area contributed by atoms with Crippen LogP contribution in [0.15, 0.2) is 42.6 Å². The zero-order chi connectivity index (χ0) is 16.7. The summed E-state index contributed by atoms with van der Waals surface area (Å²) in [6.45, 7) is 3.83. The van der Waals surface area contributed by atoms with E-state index in [-0.39, 0.29) is 5.91 Å². The number of rotatable bonds is 7. The van der Waals surface area contributed by atoms with Crippen molar-refractivity contribution >= 4 is 17.4 Å². The lowest BCUT2D eigenvalue weighted by Gasteiger charge is -2.11. The average Bonchev–Trinajstić information content (AvgIpc) is 2.48. The normalized spacial score (nSPS) is 10.6. The molecule has 2 aromatic rings. The van der Waals surface area contributed by atoms with Crippen LogP contribution in [0.3, 0.4) is 0 Å². The van der Waals surface area contributed by atoms with E-state index in [9.17, 15) is 4.79 Å². The second kappa shape index (κ2) is 8.29. The molecule has 1 heterocycles. The molecule has 5 heteroatoms. The molecule has 1 aromatic heterocycles. The summed E-state index contributed by atoms with van der Waals surface area (Å²) in [6.07, 6.45) is 2.09. The van der Waals surface area contributed by atoms with E-state index in [0.29, 0.717) is 12.2 Å². The largest absolute Gasteiger partial charge is 0.383 e. The van der Waals surface area contributed by atoms with Crippen LogP contribution in [0.5, 0.6) is 0 Å². The molecule has 0 bridgehead atoms. The molecule has 0 spiro atoms. The van der Waals surface area contributed by atoms with E-state index in [1.165, 1.54) is 0 Å². The van der Waals surface area contributed by atoms with Gasteiger partial charge in [-0.15, -0.1) is 0 Å². The van der Waals surface area contributed by atoms with Gasteiger partial charge in [-0.3, -0.25) is 4.79 Å². The summed E-state index contributed by atoms with van der Waals surface area (Å²) < 4.78 is 0. The lowest BCUT2D eigenvalue weighted by Crippen LogP contribution is -2.20. The number of aryl methyl sites for hydroxylation is 1. The highest BCUT2D eigenvalue weighted by atomic mass is 16.1. The van der Waals surface area contributed by atoms with Crippen molar-refractivity contribution in [2.24, 2.45) is 0 Å². The Bertz CT molecular complexity index is 638. The van der Waals surface area contributed by atoms with Crippen molar-refractivity contribution in [2.75, 3.05) is 37.8 Å². The topological polar surface area (TPSA) is 57.3 Å². The molecular formula is C18H24N4O. The summed E-state index contributed by atoms with van der Waals surface area (Å²) in [5, 5.41) is 6.11. The molecule has 0 atom stereocenters. The van der Waals surface area contributed by atoms with Crippen molar-refractivity contribution in [3.63, 3.8) is 0 Å². The molecule has 5 nitrogen and oxygen atoms in total. The number of anilines is 2. The maximum Gasteiger partial charge on any atom is 0.229 e. The van der Waals surface area contributed by atoms with Crippen LogP contribution in [0.2, 0.25) is 0 Å². The molecular weight excluding hydrogens is 288 g/mol. The average molecular weight is 312 g/mol. The lowest BCUT2D eigenvalue weighted by atomic mass is 10.1. The van der Waals surface area contributed by atoms with Crippen molar-refractivity contribution < 1.29 is 4.79 Å². The lowest BCUT2D eigenvalue weighted by molar-refractivity contribution is -0.115. The minimum Gasteiger partial charge on any atom is -0.383 e. The minimum atomic E-state index is -0.0589. The molecule has 0 aliphatic rings. The Kier molecular flexibility index (Phi) is 6.11. The van der Waals surface area contributed by atoms with Crippen molar-refractivity contribution in [2.45, 2.75) is 13.3 Å². The third-order valence-electron chi connectivity index (χ3n) is 3.37. The van der Waals surface area contributed by atoms with Gasteiger partial charge in [0.1, 0.15) is 5.82 Å². The van der Waals surface area contributed by atoms with E-state index in [1.807, 2.05) is 57.4 Å². The molecule has 0 aliphatic heterocycles. The highest BCUT2D eigenvalue weighted by molar-refractivity contribution is 5.91. The van der Waals surface area contributed by atoms with Crippen LogP contribution in [0.4, 0.5) is 11.5 Å². The molecule has 0 aliphatic carbocycles. The Hall–Kier alpha value is -2.40. The number of hydrogen-bond acceptors (Lipinski definition) is 4. The molecule has 0 radical (unpaired) electrons. The van der Waals surface area contributed by atoms with Crippen LogP contribution >= 0.6 is 0 Å². The number of aromatic nitrogens is 1. The molecule has 1 aromatic carbocycles. The van der Waals surface area contributed by atoms with Crippen LogP contribution in [0.25, 0.3) is 0 Å². The third-order valence-corrected chi connectivity index (χ3v) is 3.37. The first-order valence-electron chi connectivity index (χ1n) is 7.73. The fourth-order valence-electron chi connectivity index (χ4n) is 2.19. The molecule has 122 valence electrons. The quantitative estimate of drug-likeness (QED) is 0.825.